The molecular formula is C15H18N2O. The summed E-state index contributed by atoms with van der Waals surface area (Å²) < 4.78 is 0. The van der Waals surface area contributed by atoms with E-state index in [-0.39, 0.29) is 11.8 Å². The van der Waals surface area contributed by atoms with E-state index in [2.05, 4.69) is 11.4 Å². The first kappa shape index (κ1) is 12.6. The van der Waals surface area contributed by atoms with Crippen LogP contribution >= 0.6 is 0 Å². The van der Waals surface area contributed by atoms with Crippen molar-refractivity contribution in [2.24, 2.45) is 5.92 Å². The summed E-state index contributed by atoms with van der Waals surface area (Å²) in [5.41, 5.74) is 0.571. The van der Waals surface area contributed by atoms with Gasteiger partial charge in [-0.05, 0) is 31.2 Å². The smallest absolute Gasteiger partial charge is 0.224 e. The molecule has 0 radical (unpaired) electrons. The molecule has 3 heteroatoms. The maximum atomic E-state index is 12.1. The molecule has 1 unspecified atom stereocenters. The quantitative estimate of drug-likeness (QED) is 0.881. The van der Waals surface area contributed by atoms with Crippen molar-refractivity contribution < 1.29 is 4.79 Å². The number of amides is 1. The number of nitrogens with one attached hydrogen (secondary N) is 1. The molecule has 18 heavy (non-hydrogen) atoms. The largest absolute Gasteiger partial charge is 0.338 e. The summed E-state index contributed by atoms with van der Waals surface area (Å²) >= 11 is 0. The Morgan fingerprint density at radius 3 is 2.61 bits per heavy atom. The number of carbonyl (C=O) groups is 1. The molecule has 3 nitrogen and oxygen atoms in total. The molecule has 0 aromatic heterocycles. The van der Waals surface area contributed by atoms with Crippen molar-refractivity contribution in [2.45, 2.75) is 38.1 Å². The molecule has 1 N–H and O–H groups in total. The zero-order chi connectivity index (χ0) is 13.0. The monoisotopic (exact) mass is 242 g/mol. The fourth-order valence-electron chi connectivity index (χ4n) is 2.21. The number of hydrogen-bond acceptors (Lipinski definition) is 2. The second-order valence-electron chi connectivity index (χ2n) is 5.13. The van der Waals surface area contributed by atoms with Gasteiger partial charge in [-0.3, -0.25) is 4.79 Å². The lowest BCUT2D eigenvalue weighted by molar-refractivity contribution is -0.126. The fraction of sp³-hybridized carbons (Fsp3) is 0.467. The van der Waals surface area contributed by atoms with Crippen molar-refractivity contribution in [3.05, 3.63) is 35.9 Å². The Labute approximate surface area is 108 Å². The zero-order valence-corrected chi connectivity index (χ0v) is 10.6. The van der Waals surface area contributed by atoms with Crippen molar-refractivity contribution in [1.82, 2.24) is 5.32 Å². The second-order valence-corrected chi connectivity index (χ2v) is 5.13. The van der Waals surface area contributed by atoms with Crippen LogP contribution in [0.5, 0.6) is 0 Å². The van der Waals surface area contributed by atoms with Gasteiger partial charge in [0.2, 0.25) is 5.91 Å². The molecule has 0 heterocycles. The molecular weight excluding hydrogens is 224 g/mol. The molecule has 1 aliphatic carbocycles. The van der Waals surface area contributed by atoms with E-state index in [0.29, 0.717) is 6.42 Å². The Bertz CT molecular complexity index is 457. The van der Waals surface area contributed by atoms with Crippen LogP contribution in [-0.4, -0.2) is 11.4 Å². The predicted octanol–water partition coefficient (Wildman–Crippen LogP) is 2.43. The number of nitriles is 1. The highest BCUT2D eigenvalue weighted by atomic mass is 16.2. The maximum Gasteiger partial charge on any atom is 0.224 e. The van der Waals surface area contributed by atoms with Gasteiger partial charge in [0.25, 0.3) is 0 Å². The van der Waals surface area contributed by atoms with Crippen LogP contribution in [0, 0.1) is 17.2 Å². The van der Waals surface area contributed by atoms with Crippen molar-refractivity contribution in [1.29, 1.82) is 5.26 Å². The molecule has 1 atom stereocenters. The molecule has 0 bridgehead atoms. The number of rotatable bonds is 4. The second kappa shape index (κ2) is 5.22. The lowest BCUT2D eigenvalue weighted by Gasteiger charge is -2.36. The van der Waals surface area contributed by atoms with Crippen LogP contribution in [0.25, 0.3) is 0 Å². The third-order valence-electron chi connectivity index (χ3n) is 3.62. The van der Waals surface area contributed by atoms with Gasteiger partial charge in [0.15, 0.2) is 0 Å². The van der Waals surface area contributed by atoms with E-state index in [1.54, 1.807) is 0 Å². The van der Waals surface area contributed by atoms with Crippen LogP contribution < -0.4 is 5.32 Å². The lowest BCUT2D eigenvalue weighted by atomic mass is 9.77. The van der Waals surface area contributed by atoms with Crippen LogP contribution in [0.4, 0.5) is 0 Å². The molecule has 1 fully saturated rings. The highest BCUT2D eigenvalue weighted by Crippen LogP contribution is 2.31. The lowest BCUT2D eigenvalue weighted by Crippen LogP contribution is -2.53. The van der Waals surface area contributed by atoms with E-state index >= 15 is 0 Å². The molecule has 1 aromatic rings. The van der Waals surface area contributed by atoms with Crippen molar-refractivity contribution in [3.63, 3.8) is 0 Å². The normalized spacial score (nSPS) is 18.2. The number of nitrogens with zero attached hydrogens (tertiary/aromatic N) is 1. The van der Waals surface area contributed by atoms with Gasteiger partial charge in [-0.2, -0.15) is 5.26 Å². The molecule has 0 saturated heterocycles. The summed E-state index contributed by atoms with van der Waals surface area (Å²) in [5.74, 6) is -0.113. The van der Waals surface area contributed by atoms with Gasteiger partial charge >= 0.3 is 0 Å². The van der Waals surface area contributed by atoms with Gasteiger partial charge in [0, 0.05) is 5.92 Å². The Hall–Kier alpha value is -1.82. The zero-order valence-electron chi connectivity index (χ0n) is 10.6. The van der Waals surface area contributed by atoms with Gasteiger partial charge in [-0.1, -0.05) is 37.3 Å². The SMILES string of the molecule is CC(Cc1ccccc1)C(=O)NC1(C#N)CCC1. The van der Waals surface area contributed by atoms with E-state index < -0.39 is 5.54 Å². The van der Waals surface area contributed by atoms with Gasteiger partial charge in [0.1, 0.15) is 5.54 Å². The molecule has 1 saturated carbocycles. The average molecular weight is 242 g/mol. The molecule has 0 aliphatic heterocycles. The summed E-state index contributed by atoms with van der Waals surface area (Å²) in [4.78, 5) is 12.1. The third-order valence-corrected chi connectivity index (χ3v) is 3.62. The third kappa shape index (κ3) is 2.70. The molecule has 1 aromatic carbocycles. The van der Waals surface area contributed by atoms with E-state index in [4.69, 9.17) is 5.26 Å². The molecule has 1 amide bonds. The minimum atomic E-state index is -0.581. The van der Waals surface area contributed by atoms with Gasteiger partial charge in [-0.15, -0.1) is 0 Å². The Kier molecular flexibility index (Phi) is 3.66. The van der Waals surface area contributed by atoms with Gasteiger partial charge in [0.05, 0.1) is 6.07 Å². The summed E-state index contributed by atoms with van der Waals surface area (Å²) in [6, 6.07) is 12.2. The molecule has 2 rings (SSSR count). The van der Waals surface area contributed by atoms with E-state index in [9.17, 15) is 4.79 Å². The fourth-order valence-corrected chi connectivity index (χ4v) is 2.21. The standard InChI is InChI=1S/C15H18N2O/c1-12(10-13-6-3-2-4-7-13)14(18)17-15(11-16)8-5-9-15/h2-4,6-7,12H,5,8-10H2,1H3,(H,17,18). The number of carbonyl (C=O) groups excluding carboxylic acids is 1. The van der Waals surface area contributed by atoms with Crippen LogP contribution in [0.1, 0.15) is 31.7 Å². The average Bonchev–Trinajstić information content (AvgIpc) is 2.34. The minimum Gasteiger partial charge on any atom is -0.338 e. The van der Waals surface area contributed by atoms with Gasteiger partial charge < -0.3 is 5.32 Å². The summed E-state index contributed by atoms with van der Waals surface area (Å²) in [7, 11) is 0. The highest BCUT2D eigenvalue weighted by molar-refractivity contribution is 5.80. The minimum absolute atomic E-state index is 0.0138. The topological polar surface area (TPSA) is 52.9 Å². The van der Waals surface area contributed by atoms with Crippen molar-refractivity contribution >= 4 is 5.91 Å². The van der Waals surface area contributed by atoms with Crippen LogP contribution in [0.15, 0.2) is 30.3 Å². The summed E-state index contributed by atoms with van der Waals surface area (Å²) in [6.45, 7) is 1.91. The Morgan fingerprint density at radius 1 is 1.44 bits per heavy atom. The number of hydrogen-bond donors (Lipinski definition) is 1. The van der Waals surface area contributed by atoms with E-state index in [1.165, 1.54) is 0 Å². The van der Waals surface area contributed by atoms with Gasteiger partial charge in [-0.25, -0.2) is 0 Å². The molecule has 0 spiro atoms. The Morgan fingerprint density at radius 2 is 2.11 bits per heavy atom. The first-order valence-electron chi connectivity index (χ1n) is 6.42. The van der Waals surface area contributed by atoms with Crippen LogP contribution in [0.2, 0.25) is 0 Å². The van der Waals surface area contributed by atoms with Crippen molar-refractivity contribution in [3.8, 4) is 6.07 Å². The predicted molar refractivity (Wildman–Crippen MR) is 69.6 cm³/mol. The Balaban J connectivity index is 1.91. The van der Waals surface area contributed by atoms with Crippen molar-refractivity contribution in [2.75, 3.05) is 0 Å². The molecule has 94 valence electrons. The number of benzene rings is 1. The first-order valence-corrected chi connectivity index (χ1v) is 6.42. The summed E-state index contributed by atoms with van der Waals surface area (Å²) in [5, 5.41) is 12.0. The van der Waals surface area contributed by atoms with Crippen LogP contribution in [0.3, 0.4) is 0 Å². The maximum absolute atomic E-state index is 12.1. The van der Waals surface area contributed by atoms with E-state index in [1.807, 2.05) is 37.3 Å². The summed E-state index contributed by atoms with van der Waals surface area (Å²) in [6.07, 6.45) is 3.32. The van der Waals surface area contributed by atoms with E-state index in [0.717, 1.165) is 24.8 Å². The van der Waals surface area contributed by atoms with Crippen LogP contribution in [-0.2, 0) is 11.2 Å². The molecule has 1 aliphatic rings. The first-order chi connectivity index (χ1) is 8.65. The highest BCUT2D eigenvalue weighted by Gasteiger charge is 2.39.